The van der Waals surface area contributed by atoms with E-state index < -0.39 is 44.8 Å². The molecule has 1 unspecified atom stereocenters. The number of hydrogen-bond donors (Lipinski definition) is 2. The van der Waals surface area contributed by atoms with Gasteiger partial charge in [0.1, 0.15) is 5.60 Å². The fraction of sp³-hybridized carbons (Fsp3) is 0.286. The van der Waals surface area contributed by atoms with Crippen molar-refractivity contribution in [3.05, 3.63) is 94.5 Å². The second-order valence-corrected chi connectivity index (χ2v) is 11.9. The Kier molecular flexibility index (Phi) is 8.56. The van der Waals surface area contributed by atoms with Crippen LogP contribution in [0.2, 0.25) is 5.02 Å². The van der Waals surface area contributed by atoms with Gasteiger partial charge in [-0.15, -0.1) is 0 Å². The first-order valence-corrected chi connectivity index (χ1v) is 14.1. The van der Waals surface area contributed by atoms with Crippen LogP contribution < -0.4 is 5.32 Å². The number of amides is 1. The number of aliphatic hydroxyl groups is 1. The van der Waals surface area contributed by atoms with E-state index in [2.05, 4.69) is 5.32 Å². The lowest BCUT2D eigenvalue weighted by atomic mass is 9.76. The summed E-state index contributed by atoms with van der Waals surface area (Å²) in [4.78, 5) is 13.6. The minimum Gasteiger partial charge on any atom is -0.379 e. The molecule has 0 aromatic heterocycles. The lowest BCUT2D eigenvalue weighted by molar-refractivity contribution is -0.142. The molecule has 1 saturated heterocycles. The molecule has 1 amide bonds. The Balaban J connectivity index is 1.60. The van der Waals surface area contributed by atoms with Crippen LogP contribution in [-0.2, 0) is 27.4 Å². The van der Waals surface area contributed by atoms with Gasteiger partial charge < -0.3 is 10.4 Å². The van der Waals surface area contributed by atoms with Gasteiger partial charge in [-0.25, -0.2) is 8.42 Å². The molecule has 3 aromatic carbocycles. The fourth-order valence-corrected chi connectivity index (χ4v) is 6.63. The third-order valence-electron chi connectivity index (χ3n) is 6.98. The van der Waals surface area contributed by atoms with Crippen molar-refractivity contribution in [2.75, 3.05) is 18.4 Å². The number of halogens is 4. The highest BCUT2D eigenvalue weighted by molar-refractivity contribution is 7.89. The predicted molar refractivity (Wildman–Crippen MR) is 143 cm³/mol. The molecule has 0 bridgehead atoms. The van der Waals surface area contributed by atoms with E-state index >= 15 is 0 Å². The Bertz CT molecular complexity index is 1540. The van der Waals surface area contributed by atoms with E-state index in [9.17, 15) is 31.5 Å². The molecular weight excluding hydrogens is 567 g/mol. The Labute approximate surface area is 234 Å². The zero-order chi connectivity index (χ0) is 29.1. The molecule has 1 aliphatic rings. The van der Waals surface area contributed by atoms with E-state index in [1.54, 1.807) is 36.4 Å². The normalized spacial score (nSPS) is 16.6. The van der Waals surface area contributed by atoms with Crippen molar-refractivity contribution < 1.29 is 31.5 Å². The van der Waals surface area contributed by atoms with Crippen molar-refractivity contribution in [3.8, 4) is 6.07 Å². The van der Waals surface area contributed by atoms with Gasteiger partial charge in [-0.05, 0) is 60.7 Å². The number of nitrogens with zero attached hydrogens (tertiary/aromatic N) is 2. The van der Waals surface area contributed by atoms with Crippen LogP contribution in [0.15, 0.2) is 77.7 Å². The Morgan fingerprint density at radius 3 is 2.33 bits per heavy atom. The van der Waals surface area contributed by atoms with Gasteiger partial charge in [0, 0.05) is 30.2 Å². The van der Waals surface area contributed by atoms with Crippen LogP contribution in [0, 0.1) is 17.2 Å². The molecule has 1 aliphatic heterocycles. The number of carbonyl (C=O) groups is 1. The van der Waals surface area contributed by atoms with E-state index in [1.165, 1.54) is 28.6 Å². The van der Waals surface area contributed by atoms with E-state index in [1.807, 2.05) is 0 Å². The number of sulfonamides is 1. The first-order valence-electron chi connectivity index (χ1n) is 12.3. The number of hydrogen-bond acceptors (Lipinski definition) is 5. The van der Waals surface area contributed by atoms with Crippen molar-refractivity contribution in [3.63, 3.8) is 0 Å². The zero-order valence-corrected chi connectivity index (χ0v) is 22.6. The quantitative estimate of drug-likeness (QED) is 0.390. The molecule has 0 radical (unpaired) electrons. The molecule has 2 N–H and O–H groups in total. The minimum atomic E-state index is -4.83. The number of piperidine rings is 1. The first-order chi connectivity index (χ1) is 18.8. The van der Waals surface area contributed by atoms with Crippen LogP contribution in [0.3, 0.4) is 0 Å². The lowest BCUT2D eigenvalue weighted by Gasteiger charge is -2.40. The van der Waals surface area contributed by atoms with E-state index in [0.29, 0.717) is 11.6 Å². The van der Waals surface area contributed by atoms with Crippen LogP contribution in [0.1, 0.15) is 29.5 Å². The molecule has 0 spiro atoms. The number of benzene rings is 3. The van der Waals surface area contributed by atoms with E-state index in [4.69, 9.17) is 16.9 Å². The monoisotopic (exact) mass is 591 g/mol. The van der Waals surface area contributed by atoms with Gasteiger partial charge in [0.25, 0.3) is 5.91 Å². The van der Waals surface area contributed by atoms with Crippen molar-refractivity contribution in [2.24, 2.45) is 5.92 Å². The maximum absolute atomic E-state index is 13.5. The van der Waals surface area contributed by atoms with Crippen LogP contribution >= 0.6 is 11.6 Å². The number of carbonyl (C=O) groups excluding carboxylic acids is 1. The van der Waals surface area contributed by atoms with E-state index in [-0.39, 0.29) is 48.0 Å². The molecule has 0 saturated carbocycles. The predicted octanol–water partition coefficient (Wildman–Crippen LogP) is 5.24. The van der Waals surface area contributed by atoms with Crippen LogP contribution in [0.25, 0.3) is 0 Å². The molecule has 210 valence electrons. The largest absolute Gasteiger partial charge is 0.417 e. The second kappa shape index (κ2) is 11.6. The summed E-state index contributed by atoms with van der Waals surface area (Å²) in [5, 5.41) is 23.5. The average Bonchev–Trinajstić information content (AvgIpc) is 2.93. The highest BCUT2D eigenvalue weighted by Gasteiger charge is 2.46. The number of rotatable bonds is 7. The molecule has 1 fully saturated rings. The van der Waals surface area contributed by atoms with Crippen LogP contribution in [0.4, 0.5) is 18.9 Å². The number of nitriles is 1. The van der Waals surface area contributed by atoms with Gasteiger partial charge in [0.15, 0.2) is 0 Å². The summed E-state index contributed by atoms with van der Waals surface area (Å²) >= 11 is 5.96. The molecular formula is C28H25ClF3N3O4S. The van der Waals surface area contributed by atoms with E-state index in [0.717, 1.165) is 12.1 Å². The van der Waals surface area contributed by atoms with Crippen molar-refractivity contribution in [1.29, 1.82) is 5.26 Å². The molecule has 7 nitrogen and oxygen atoms in total. The highest BCUT2D eigenvalue weighted by atomic mass is 35.5. The number of anilines is 1. The lowest BCUT2D eigenvalue weighted by Crippen LogP contribution is -2.54. The average molecular weight is 592 g/mol. The Morgan fingerprint density at radius 1 is 1.05 bits per heavy atom. The second-order valence-electron chi connectivity index (χ2n) is 9.55. The molecule has 40 heavy (non-hydrogen) atoms. The standard InChI is InChI=1S/C28H25ClF3N3O4S/c29-22-7-4-8-24(15-22)40(38,39)35-13-11-21(12-14-35)27(37,17-19-5-2-1-3-6-19)26(36)34-23-10-9-20(18-33)25(16-23)28(30,31)32/h1-10,15-16,21,37H,11-14,17H2,(H,34,36). The zero-order valence-electron chi connectivity index (χ0n) is 21.0. The molecule has 12 heteroatoms. The summed E-state index contributed by atoms with van der Waals surface area (Å²) in [6.45, 7) is 0.0258. The Morgan fingerprint density at radius 2 is 1.73 bits per heavy atom. The number of alkyl halides is 3. The topological polar surface area (TPSA) is 110 Å². The van der Waals surface area contributed by atoms with Gasteiger partial charge in [0.05, 0.1) is 22.1 Å². The summed E-state index contributed by atoms with van der Waals surface area (Å²) in [5.41, 5.74) is -3.49. The molecule has 3 aromatic rings. The maximum atomic E-state index is 13.5. The van der Waals surface area contributed by atoms with Gasteiger partial charge >= 0.3 is 6.18 Å². The molecule has 4 rings (SSSR count). The third-order valence-corrected chi connectivity index (χ3v) is 9.11. The van der Waals surface area contributed by atoms with Gasteiger partial charge in [-0.1, -0.05) is 48.0 Å². The Hall–Kier alpha value is -3.43. The molecule has 1 heterocycles. The summed E-state index contributed by atoms with van der Waals surface area (Å²) < 4.78 is 67.9. The minimum absolute atomic E-state index is 0.0129. The van der Waals surface area contributed by atoms with Gasteiger partial charge in [0.2, 0.25) is 10.0 Å². The maximum Gasteiger partial charge on any atom is 0.417 e. The fourth-order valence-electron chi connectivity index (χ4n) is 4.86. The molecule has 1 atom stereocenters. The SMILES string of the molecule is N#Cc1ccc(NC(=O)C(O)(Cc2ccccc2)C2CCN(S(=O)(=O)c3cccc(Cl)c3)CC2)cc1C(F)(F)F. The third kappa shape index (κ3) is 6.31. The van der Waals surface area contributed by atoms with Crippen LogP contribution in [-0.4, -0.2) is 42.4 Å². The van der Waals surface area contributed by atoms with Gasteiger partial charge in [-0.2, -0.15) is 22.7 Å². The van der Waals surface area contributed by atoms with Crippen LogP contribution in [0.5, 0.6) is 0 Å². The van der Waals surface area contributed by atoms with Crippen molar-refractivity contribution >= 4 is 33.2 Å². The highest BCUT2D eigenvalue weighted by Crippen LogP contribution is 2.37. The van der Waals surface area contributed by atoms with Gasteiger partial charge in [-0.3, -0.25) is 4.79 Å². The smallest absolute Gasteiger partial charge is 0.379 e. The molecule has 0 aliphatic carbocycles. The van der Waals surface area contributed by atoms with Crippen molar-refractivity contribution in [2.45, 2.75) is 35.9 Å². The summed E-state index contributed by atoms with van der Waals surface area (Å²) in [6, 6.07) is 18.7. The first kappa shape index (κ1) is 29.6. The summed E-state index contributed by atoms with van der Waals surface area (Å²) in [5.74, 6) is -1.63. The summed E-state index contributed by atoms with van der Waals surface area (Å²) in [6.07, 6.45) is -4.73. The number of nitrogens with one attached hydrogen (secondary N) is 1. The summed E-state index contributed by atoms with van der Waals surface area (Å²) in [7, 11) is -3.87. The van der Waals surface area contributed by atoms with Crippen molar-refractivity contribution in [1.82, 2.24) is 4.31 Å².